The normalized spacial score (nSPS) is 19.8. The average Bonchev–Trinajstić information content (AvgIpc) is 3.25. The topological polar surface area (TPSA) is 108 Å². The Labute approximate surface area is 215 Å². The highest BCUT2D eigenvalue weighted by Crippen LogP contribution is 2.31. The van der Waals surface area contributed by atoms with Crippen LogP contribution in [0.1, 0.15) is 24.7 Å². The van der Waals surface area contributed by atoms with Crippen LogP contribution in [0.4, 0.5) is 17.6 Å². The van der Waals surface area contributed by atoms with Gasteiger partial charge in [0.1, 0.15) is 17.2 Å². The molecular formula is C23H22ClF4N5O3S. The number of hydrogen-bond acceptors (Lipinski definition) is 7. The third kappa shape index (κ3) is 6.24. The molecule has 0 saturated carbocycles. The van der Waals surface area contributed by atoms with Crippen molar-refractivity contribution in [3.8, 4) is 11.3 Å². The fourth-order valence-electron chi connectivity index (χ4n) is 4.12. The number of nitrogens with zero attached hydrogens (tertiary/aromatic N) is 4. The SMILES string of the molecule is CC1C[C@@H](C(O)NCc2cc(Cl)nc(-c3cnc(C(F)(F)F)nc3)c2)N(S(=O)(=O)c2ccc(F)cc2)C1. The van der Waals surface area contributed by atoms with E-state index in [1.165, 1.54) is 22.5 Å². The standard InChI is InChI=1S/C23H22ClF4N5O3S/c1-13-6-19(33(12-13)37(35,36)17-4-2-16(25)3-5-17)21(34)29-9-14-7-18(32-20(24)8-14)15-10-30-22(31-11-15)23(26,27)28/h2-5,7-8,10-11,13,19,21,29,34H,6,9,12H2,1H3/t13?,19-,21?/m0/s1. The Balaban J connectivity index is 1.49. The van der Waals surface area contributed by atoms with Crippen molar-refractivity contribution in [3.63, 3.8) is 0 Å². The van der Waals surface area contributed by atoms with Gasteiger partial charge in [-0.25, -0.2) is 27.8 Å². The molecule has 2 aromatic heterocycles. The summed E-state index contributed by atoms with van der Waals surface area (Å²) in [6, 6.07) is 6.73. The second kappa shape index (κ2) is 10.6. The van der Waals surface area contributed by atoms with E-state index < -0.39 is 40.1 Å². The van der Waals surface area contributed by atoms with Crippen LogP contribution in [-0.4, -0.2) is 51.6 Å². The van der Waals surface area contributed by atoms with E-state index in [1.54, 1.807) is 6.07 Å². The fraction of sp³-hybridized carbons (Fsp3) is 0.348. The van der Waals surface area contributed by atoms with Gasteiger partial charge in [0.05, 0.1) is 16.6 Å². The summed E-state index contributed by atoms with van der Waals surface area (Å²) in [6.07, 6.45) is -3.58. The van der Waals surface area contributed by atoms with Crippen molar-refractivity contribution < 1.29 is 31.1 Å². The van der Waals surface area contributed by atoms with Crippen LogP contribution < -0.4 is 5.32 Å². The van der Waals surface area contributed by atoms with Crippen molar-refractivity contribution >= 4 is 21.6 Å². The van der Waals surface area contributed by atoms with Crippen molar-refractivity contribution in [2.75, 3.05) is 6.54 Å². The minimum absolute atomic E-state index is 0.0293. The van der Waals surface area contributed by atoms with E-state index in [4.69, 9.17) is 11.6 Å². The lowest BCUT2D eigenvalue weighted by molar-refractivity contribution is -0.144. The number of sulfonamides is 1. The van der Waals surface area contributed by atoms with Crippen LogP contribution >= 0.6 is 11.6 Å². The molecule has 2 unspecified atom stereocenters. The summed E-state index contributed by atoms with van der Waals surface area (Å²) in [5, 5.41) is 13.8. The summed E-state index contributed by atoms with van der Waals surface area (Å²) in [4.78, 5) is 10.7. The van der Waals surface area contributed by atoms with Crippen LogP contribution in [0.2, 0.25) is 5.15 Å². The van der Waals surface area contributed by atoms with E-state index in [1.807, 2.05) is 6.92 Å². The number of rotatable bonds is 7. The highest BCUT2D eigenvalue weighted by atomic mass is 35.5. The van der Waals surface area contributed by atoms with E-state index in [9.17, 15) is 31.1 Å². The monoisotopic (exact) mass is 559 g/mol. The molecule has 3 atom stereocenters. The molecule has 8 nitrogen and oxygen atoms in total. The second-order valence-corrected chi connectivity index (χ2v) is 11.0. The summed E-state index contributed by atoms with van der Waals surface area (Å²) >= 11 is 6.09. The molecule has 0 spiro atoms. The van der Waals surface area contributed by atoms with Crippen molar-refractivity contribution in [3.05, 3.63) is 71.2 Å². The quantitative estimate of drug-likeness (QED) is 0.257. The minimum atomic E-state index is -4.68. The molecule has 1 aliphatic heterocycles. The Morgan fingerprint density at radius 1 is 1.19 bits per heavy atom. The zero-order valence-electron chi connectivity index (χ0n) is 19.3. The first-order valence-corrected chi connectivity index (χ1v) is 12.9. The molecule has 1 aliphatic rings. The van der Waals surface area contributed by atoms with E-state index in [-0.39, 0.29) is 40.3 Å². The maximum atomic E-state index is 13.3. The lowest BCUT2D eigenvalue weighted by Gasteiger charge is -2.28. The molecule has 0 amide bonds. The van der Waals surface area contributed by atoms with Gasteiger partial charge in [-0.3, -0.25) is 5.32 Å². The predicted molar refractivity (Wildman–Crippen MR) is 126 cm³/mol. The molecule has 4 rings (SSSR count). The van der Waals surface area contributed by atoms with Crippen LogP contribution in [-0.2, 0) is 22.7 Å². The third-order valence-corrected chi connectivity index (χ3v) is 7.96. The Kier molecular flexibility index (Phi) is 7.81. The predicted octanol–water partition coefficient (Wildman–Crippen LogP) is 3.86. The summed E-state index contributed by atoms with van der Waals surface area (Å²) in [5.74, 6) is -1.88. The number of alkyl halides is 3. The van der Waals surface area contributed by atoms with E-state index in [0.717, 1.165) is 24.5 Å². The van der Waals surface area contributed by atoms with Gasteiger partial charge in [0.2, 0.25) is 15.8 Å². The van der Waals surface area contributed by atoms with Crippen molar-refractivity contribution in [1.29, 1.82) is 0 Å². The molecule has 1 fully saturated rings. The summed E-state index contributed by atoms with van der Waals surface area (Å²) in [6.45, 7) is 2.09. The Hall–Kier alpha value is -2.71. The van der Waals surface area contributed by atoms with Crippen LogP contribution in [0.25, 0.3) is 11.3 Å². The highest BCUT2D eigenvalue weighted by molar-refractivity contribution is 7.89. The molecule has 198 valence electrons. The van der Waals surface area contributed by atoms with Gasteiger partial charge < -0.3 is 5.11 Å². The number of aromatic nitrogens is 3. The van der Waals surface area contributed by atoms with Gasteiger partial charge in [0.25, 0.3) is 0 Å². The molecule has 1 saturated heterocycles. The van der Waals surface area contributed by atoms with Crippen molar-refractivity contribution in [2.45, 2.75) is 43.2 Å². The first kappa shape index (κ1) is 27.3. The third-order valence-electron chi connectivity index (χ3n) is 5.86. The second-order valence-electron chi connectivity index (χ2n) is 8.74. The van der Waals surface area contributed by atoms with Crippen molar-refractivity contribution in [1.82, 2.24) is 24.6 Å². The number of aliphatic hydroxyl groups is 1. The number of pyridine rings is 1. The summed E-state index contributed by atoms with van der Waals surface area (Å²) in [7, 11) is -3.99. The van der Waals surface area contributed by atoms with E-state index in [0.29, 0.717) is 12.0 Å². The lowest BCUT2D eigenvalue weighted by Crippen LogP contribution is -2.48. The highest BCUT2D eigenvalue weighted by Gasteiger charge is 2.42. The number of nitrogens with one attached hydrogen (secondary N) is 1. The van der Waals surface area contributed by atoms with Gasteiger partial charge in [-0.15, -0.1) is 0 Å². The Morgan fingerprint density at radius 3 is 2.46 bits per heavy atom. The van der Waals surface area contributed by atoms with Gasteiger partial charge in [-0.05, 0) is 54.3 Å². The zero-order valence-corrected chi connectivity index (χ0v) is 20.9. The molecule has 3 aromatic rings. The molecule has 0 bridgehead atoms. The first-order chi connectivity index (χ1) is 17.3. The number of halogens is 5. The first-order valence-electron chi connectivity index (χ1n) is 11.1. The van der Waals surface area contributed by atoms with Gasteiger partial charge in [0.15, 0.2) is 0 Å². The maximum Gasteiger partial charge on any atom is 0.451 e. The smallest absolute Gasteiger partial charge is 0.377 e. The number of aliphatic hydroxyl groups excluding tert-OH is 1. The average molecular weight is 560 g/mol. The number of hydrogen-bond donors (Lipinski definition) is 2. The van der Waals surface area contributed by atoms with Gasteiger partial charge >= 0.3 is 6.18 Å². The molecule has 0 aliphatic carbocycles. The molecule has 3 heterocycles. The molecule has 1 aromatic carbocycles. The summed E-state index contributed by atoms with van der Waals surface area (Å²) in [5.41, 5.74) is 0.967. The van der Waals surface area contributed by atoms with Gasteiger partial charge in [-0.2, -0.15) is 17.5 Å². The Morgan fingerprint density at radius 2 is 1.84 bits per heavy atom. The van der Waals surface area contributed by atoms with Crippen molar-refractivity contribution in [2.24, 2.45) is 5.92 Å². The molecule has 0 radical (unpaired) electrons. The Bertz CT molecular complexity index is 1360. The molecule has 37 heavy (non-hydrogen) atoms. The van der Waals surface area contributed by atoms with Crippen LogP contribution in [0.15, 0.2) is 53.7 Å². The maximum absolute atomic E-state index is 13.3. The zero-order chi connectivity index (χ0) is 27.0. The lowest BCUT2D eigenvalue weighted by atomic mass is 10.1. The van der Waals surface area contributed by atoms with Gasteiger partial charge in [0, 0.05) is 31.0 Å². The largest absolute Gasteiger partial charge is 0.451 e. The van der Waals surface area contributed by atoms with Gasteiger partial charge in [-0.1, -0.05) is 18.5 Å². The minimum Gasteiger partial charge on any atom is -0.377 e. The van der Waals surface area contributed by atoms with E-state index in [2.05, 4.69) is 20.3 Å². The van der Waals surface area contributed by atoms with E-state index >= 15 is 0 Å². The van der Waals surface area contributed by atoms with Crippen LogP contribution in [0.3, 0.4) is 0 Å². The van der Waals surface area contributed by atoms with Crippen LogP contribution in [0.5, 0.6) is 0 Å². The number of benzene rings is 1. The molecule has 2 N–H and O–H groups in total. The fourth-order valence-corrected chi connectivity index (χ4v) is 6.11. The van der Waals surface area contributed by atoms with Crippen LogP contribution in [0, 0.1) is 11.7 Å². The molecule has 14 heteroatoms. The summed E-state index contributed by atoms with van der Waals surface area (Å²) < 4.78 is 79.1. The molecular weight excluding hydrogens is 538 g/mol.